The van der Waals surface area contributed by atoms with Crippen LogP contribution in [0.15, 0.2) is 41.6 Å². The Kier molecular flexibility index (Phi) is 6.05. The molecular formula is C19H19F2N3O2S. The minimum Gasteiger partial charge on any atom is -0.339 e. The van der Waals surface area contributed by atoms with Gasteiger partial charge in [-0.05, 0) is 44.0 Å². The smallest absolute Gasteiger partial charge is 0.255 e. The minimum absolute atomic E-state index is 0.0441. The third-order valence-corrected chi connectivity index (χ3v) is 5.30. The fourth-order valence-electron chi connectivity index (χ4n) is 2.76. The van der Waals surface area contributed by atoms with Crippen LogP contribution in [0.5, 0.6) is 0 Å². The second kappa shape index (κ2) is 8.47. The standard InChI is InChI=1S/C19H19F2N3O2S/c1-12(18(25)23-17-14(20)5-4-6-15(17)21)27-16-8-7-13(11-22-16)19(26)24-9-2-3-10-24/h4-8,11-12H,2-3,9-10H2,1H3,(H,23,25). The number of carbonyl (C=O) groups excluding carboxylic acids is 2. The summed E-state index contributed by atoms with van der Waals surface area (Å²) in [6.07, 6.45) is 3.52. The van der Waals surface area contributed by atoms with E-state index in [9.17, 15) is 18.4 Å². The van der Waals surface area contributed by atoms with Gasteiger partial charge in [-0.1, -0.05) is 17.8 Å². The normalized spacial score (nSPS) is 14.9. The molecule has 0 aliphatic carbocycles. The number of nitrogens with zero attached hydrogens (tertiary/aromatic N) is 2. The first kappa shape index (κ1) is 19.3. The van der Waals surface area contributed by atoms with Crippen LogP contribution in [-0.4, -0.2) is 40.0 Å². The Labute approximate surface area is 160 Å². The Hall–Kier alpha value is -2.48. The summed E-state index contributed by atoms with van der Waals surface area (Å²) >= 11 is 1.14. The summed E-state index contributed by atoms with van der Waals surface area (Å²) < 4.78 is 27.3. The van der Waals surface area contributed by atoms with E-state index in [1.165, 1.54) is 12.3 Å². The van der Waals surface area contributed by atoms with Crippen molar-refractivity contribution >= 4 is 29.3 Å². The maximum atomic E-state index is 13.6. The molecule has 1 N–H and O–H groups in total. The highest BCUT2D eigenvalue weighted by Crippen LogP contribution is 2.24. The summed E-state index contributed by atoms with van der Waals surface area (Å²) in [4.78, 5) is 30.5. The molecule has 1 atom stereocenters. The molecule has 5 nitrogen and oxygen atoms in total. The van der Waals surface area contributed by atoms with Gasteiger partial charge in [0.15, 0.2) is 0 Å². The molecule has 27 heavy (non-hydrogen) atoms. The predicted octanol–water partition coefficient (Wildman–Crippen LogP) is 3.72. The first-order chi connectivity index (χ1) is 13.0. The zero-order chi connectivity index (χ0) is 19.4. The highest BCUT2D eigenvalue weighted by atomic mass is 32.2. The van der Waals surface area contributed by atoms with Crippen LogP contribution in [0, 0.1) is 11.6 Å². The SMILES string of the molecule is CC(Sc1ccc(C(=O)N2CCCC2)cn1)C(=O)Nc1c(F)cccc1F. The van der Waals surface area contributed by atoms with Gasteiger partial charge in [0.1, 0.15) is 17.3 Å². The lowest BCUT2D eigenvalue weighted by Crippen LogP contribution is -2.27. The van der Waals surface area contributed by atoms with Crippen molar-refractivity contribution in [2.24, 2.45) is 0 Å². The number of benzene rings is 1. The van der Waals surface area contributed by atoms with Crippen molar-refractivity contribution in [2.45, 2.75) is 30.0 Å². The average molecular weight is 391 g/mol. The van der Waals surface area contributed by atoms with Gasteiger partial charge in [0.05, 0.1) is 15.8 Å². The third kappa shape index (κ3) is 4.63. The van der Waals surface area contributed by atoms with E-state index >= 15 is 0 Å². The van der Waals surface area contributed by atoms with Crippen LogP contribution in [0.1, 0.15) is 30.1 Å². The van der Waals surface area contributed by atoms with Gasteiger partial charge in [0.25, 0.3) is 5.91 Å². The van der Waals surface area contributed by atoms with Crippen molar-refractivity contribution in [1.29, 1.82) is 0 Å². The molecule has 142 valence electrons. The van der Waals surface area contributed by atoms with Gasteiger partial charge in [-0.25, -0.2) is 13.8 Å². The van der Waals surface area contributed by atoms with Crippen molar-refractivity contribution in [1.82, 2.24) is 9.88 Å². The molecule has 0 spiro atoms. The van der Waals surface area contributed by atoms with Crippen LogP contribution in [0.4, 0.5) is 14.5 Å². The van der Waals surface area contributed by atoms with Crippen molar-refractivity contribution in [3.63, 3.8) is 0 Å². The molecule has 1 fully saturated rings. The lowest BCUT2D eigenvalue weighted by molar-refractivity contribution is -0.115. The molecule has 0 saturated carbocycles. The Morgan fingerprint density at radius 2 is 1.81 bits per heavy atom. The van der Waals surface area contributed by atoms with Gasteiger partial charge in [-0.3, -0.25) is 9.59 Å². The lowest BCUT2D eigenvalue weighted by atomic mass is 10.2. The Morgan fingerprint density at radius 1 is 1.15 bits per heavy atom. The summed E-state index contributed by atoms with van der Waals surface area (Å²) in [7, 11) is 0. The van der Waals surface area contributed by atoms with Crippen LogP contribution in [0.2, 0.25) is 0 Å². The topological polar surface area (TPSA) is 62.3 Å². The molecule has 1 aliphatic heterocycles. The van der Waals surface area contributed by atoms with Crippen LogP contribution in [-0.2, 0) is 4.79 Å². The minimum atomic E-state index is -0.830. The monoisotopic (exact) mass is 391 g/mol. The fourth-order valence-corrected chi connectivity index (χ4v) is 3.54. The van der Waals surface area contributed by atoms with Crippen molar-refractivity contribution in [3.8, 4) is 0 Å². The molecule has 2 amide bonds. The number of hydrogen-bond acceptors (Lipinski definition) is 4. The molecule has 2 heterocycles. The van der Waals surface area contributed by atoms with Crippen LogP contribution in [0.25, 0.3) is 0 Å². The van der Waals surface area contributed by atoms with Gasteiger partial charge < -0.3 is 10.2 Å². The number of carbonyl (C=O) groups is 2. The second-order valence-corrected chi connectivity index (χ2v) is 7.59. The number of nitrogens with one attached hydrogen (secondary N) is 1. The maximum absolute atomic E-state index is 13.6. The summed E-state index contributed by atoms with van der Waals surface area (Å²) in [5, 5.41) is 2.18. The lowest BCUT2D eigenvalue weighted by Gasteiger charge is -2.15. The van der Waals surface area contributed by atoms with Gasteiger partial charge in [-0.2, -0.15) is 0 Å². The van der Waals surface area contributed by atoms with Crippen molar-refractivity contribution in [3.05, 3.63) is 53.7 Å². The highest BCUT2D eigenvalue weighted by Gasteiger charge is 2.21. The molecule has 1 aromatic heterocycles. The number of aromatic nitrogens is 1. The third-order valence-electron chi connectivity index (χ3n) is 4.25. The number of amides is 2. The van der Waals surface area contributed by atoms with E-state index in [4.69, 9.17) is 0 Å². The average Bonchev–Trinajstić information content (AvgIpc) is 3.19. The molecule has 3 rings (SSSR count). The summed E-state index contributed by atoms with van der Waals surface area (Å²) in [5.41, 5.74) is 0.0428. The number of likely N-dealkylation sites (tertiary alicyclic amines) is 1. The zero-order valence-corrected chi connectivity index (χ0v) is 15.6. The van der Waals surface area contributed by atoms with E-state index in [1.807, 2.05) is 0 Å². The van der Waals surface area contributed by atoms with E-state index < -0.39 is 28.5 Å². The van der Waals surface area contributed by atoms with E-state index in [-0.39, 0.29) is 5.91 Å². The Morgan fingerprint density at radius 3 is 2.41 bits per heavy atom. The van der Waals surface area contributed by atoms with E-state index in [1.54, 1.807) is 24.0 Å². The van der Waals surface area contributed by atoms with Gasteiger partial charge in [0.2, 0.25) is 5.91 Å². The largest absolute Gasteiger partial charge is 0.339 e. The maximum Gasteiger partial charge on any atom is 0.255 e. The van der Waals surface area contributed by atoms with Gasteiger partial charge in [-0.15, -0.1) is 0 Å². The molecule has 1 aromatic carbocycles. The first-order valence-electron chi connectivity index (χ1n) is 8.62. The Bertz CT molecular complexity index is 819. The number of para-hydroxylation sites is 1. The van der Waals surface area contributed by atoms with Crippen LogP contribution >= 0.6 is 11.8 Å². The van der Waals surface area contributed by atoms with E-state index in [0.29, 0.717) is 10.6 Å². The number of anilines is 1. The number of pyridine rings is 1. The zero-order valence-electron chi connectivity index (χ0n) is 14.7. The number of rotatable bonds is 5. The van der Waals surface area contributed by atoms with Crippen molar-refractivity contribution < 1.29 is 18.4 Å². The molecule has 0 bridgehead atoms. The van der Waals surface area contributed by atoms with Gasteiger partial charge in [0, 0.05) is 19.3 Å². The first-order valence-corrected chi connectivity index (χ1v) is 9.50. The predicted molar refractivity (Wildman–Crippen MR) is 99.7 cm³/mol. The number of halogens is 2. The Balaban J connectivity index is 1.61. The molecule has 1 unspecified atom stereocenters. The fraction of sp³-hybridized carbons (Fsp3) is 0.316. The summed E-state index contributed by atoms with van der Waals surface area (Å²) in [6, 6.07) is 6.73. The quantitative estimate of drug-likeness (QED) is 0.790. The van der Waals surface area contributed by atoms with E-state index in [0.717, 1.165) is 49.8 Å². The van der Waals surface area contributed by atoms with E-state index in [2.05, 4.69) is 10.3 Å². The molecular weight excluding hydrogens is 372 g/mol. The summed E-state index contributed by atoms with van der Waals surface area (Å²) in [6.45, 7) is 3.14. The molecule has 2 aromatic rings. The number of hydrogen-bond donors (Lipinski definition) is 1. The molecule has 1 aliphatic rings. The molecule has 1 saturated heterocycles. The van der Waals surface area contributed by atoms with Crippen molar-refractivity contribution in [2.75, 3.05) is 18.4 Å². The van der Waals surface area contributed by atoms with Gasteiger partial charge >= 0.3 is 0 Å². The van der Waals surface area contributed by atoms with Crippen LogP contribution < -0.4 is 5.32 Å². The second-order valence-electron chi connectivity index (χ2n) is 6.23. The summed E-state index contributed by atoms with van der Waals surface area (Å²) in [5.74, 6) is -2.24. The molecule has 0 radical (unpaired) electrons. The number of thioether (sulfide) groups is 1. The highest BCUT2D eigenvalue weighted by molar-refractivity contribution is 8.00. The molecule has 8 heteroatoms. The van der Waals surface area contributed by atoms with Crippen LogP contribution in [0.3, 0.4) is 0 Å².